The molecule has 5 heteroatoms. The van der Waals surface area contributed by atoms with Crippen LogP contribution in [0.3, 0.4) is 0 Å². The number of nitrogens with zero attached hydrogens (tertiary/aromatic N) is 1. The second kappa shape index (κ2) is 5.51. The Morgan fingerprint density at radius 2 is 2.17 bits per heavy atom. The summed E-state index contributed by atoms with van der Waals surface area (Å²) in [5, 5.41) is 0. The monoisotopic (exact) mass is 260 g/mol. The fourth-order valence-corrected chi connectivity index (χ4v) is 3.17. The average molecular weight is 260 g/mol. The van der Waals surface area contributed by atoms with E-state index in [0.29, 0.717) is 13.0 Å². The molecule has 0 aromatic heterocycles. The summed E-state index contributed by atoms with van der Waals surface area (Å²) in [6, 6.07) is 0.232. The molecule has 3 nitrogen and oxygen atoms in total. The summed E-state index contributed by atoms with van der Waals surface area (Å²) in [7, 11) is 0. The summed E-state index contributed by atoms with van der Waals surface area (Å²) >= 11 is 0. The quantitative estimate of drug-likeness (QED) is 0.842. The molecule has 1 saturated heterocycles. The van der Waals surface area contributed by atoms with Gasteiger partial charge in [-0.3, -0.25) is 4.79 Å². The molecule has 2 unspecified atom stereocenters. The lowest BCUT2D eigenvalue weighted by Crippen LogP contribution is -2.39. The minimum absolute atomic E-state index is 0.0494. The minimum atomic E-state index is -2.63. The van der Waals surface area contributed by atoms with E-state index < -0.39 is 11.8 Å². The molecule has 2 atom stereocenters. The highest BCUT2D eigenvalue weighted by atomic mass is 19.3. The topological polar surface area (TPSA) is 46.3 Å². The fourth-order valence-electron chi connectivity index (χ4n) is 3.17. The van der Waals surface area contributed by atoms with Crippen molar-refractivity contribution >= 4 is 5.91 Å². The molecule has 2 rings (SSSR count). The van der Waals surface area contributed by atoms with E-state index in [2.05, 4.69) is 0 Å². The summed E-state index contributed by atoms with van der Waals surface area (Å²) in [6.45, 7) is 1.36. The Bertz CT molecular complexity index is 309. The van der Waals surface area contributed by atoms with Gasteiger partial charge in [0.25, 0.3) is 0 Å². The lowest BCUT2D eigenvalue weighted by Gasteiger charge is -2.27. The van der Waals surface area contributed by atoms with E-state index in [9.17, 15) is 13.6 Å². The first-order valence-corrected chi connectivity index (χ1v) is 6.92. The van der Waals surface area contributed by atoms with Crippen molar-refractivity contribution in [3.05, 3.63) is 0 Å². The zero-order valence-corrected chi connectivity index (χ0v) is 10.7. The van der Waals surface area contributed by atoms with Gasteiger partial charge in [0.2, 0.25) is 11.8 Å². The predicted octanol–water partition coefficient (Wildman–Crippen LogP) is 2.15. The maximum Gasteiger partial charge on any atom is 0.248 e. The number of rotatable bonds is 4. The molecular formula is C13H22F2N2O. The SMILES string of the molecule is NCCCC1CCCN1C(=O)C1CCC(F)(F)C1. The van der Waals surface area contributed by atoms with Crippen LogP contribution < -0.4 is 5.73 Å². The maximum atomic E-state index is 13.2. The molecule has 0 aromatic carbocycles. The van der Waals surface area contributed by atoms with E-state index in [1.165, 1.54) is 0 Å². The smallest absolute Gasteiger partial charge is 0.248 e. The van der Waals surface area contributed by atoms with E-state index in [1.807, 2.05) is 4.90 Å². The van der Waals surface area contributed by atoms with E-state index >= 15 is 0 Å². The molecule has 2 fully saturated rings. The minimum Gasteiger partial charge on any atom is -0.339 e. The first-order chi connectivity index (χ1) is 8.53. The van der Waals surface area contributed by atoms with Crippen molar-refractivity contribution in [2.24, 2.45) is 11.7 Å². The van der Waals surface area contributed by atoms with Crippen LogP contribution in [0.2, 0.25) is 0 Å². The van der Waals surface area contributed by atoms with Crippen molar-refractivity contribution in [3.63, 3.8) is 0 Å². The third kappa shape index (κ3) is 2.99. The number of carbonyl (C=O) groups is 1. The van der Waals surface area contributed by atoms with Gasteiger partial charge >= 0.3 is 0 Å². The number of nitrogens with two attached hydrogens (primary N) is 1. The normalized spacial score (nSPS) is 30.9. The summed E-state index contributed by atoms with van der Waals surface area (Å²) in [4.78, 5) is 14.1. The molecule has 18 heavy (non-hydrogen) atoms. The zero-order chi connectivity index (χ0) is 13.2. The number of amides is 1. The Balaban J connectivity index is 1.92. The number of likely N-dealkylation sites (tertiary alicyclic amines) is 1. The van der Waals surface area contributed by atoms with Gasteiger partial charge in [0.05, 0.1) is 0 Å². The highest BCUT2D eigenvalue weighted by molar-refractivity contribution is 5.79. The molecule has 1 heterocycles. The van der Waals surface area contributed by atoms with E-state index in [0.717, 1.165) is 32.2 Å². The lowest BCUT2D eigenvalue weighted by atomic mass is 10.0. The van der Waals surface area contributed by atoms with Gasteiger partial charge in [-0.15, -0.1) is 0 Å². The predicted molar refractivity (Wildman–Crippen MR) is 65.3 cm³/mol. The zero-order valence-electron chi connectivity index (χ0n) is 10.7. The van der Waals surface area contributed by atoms with Crippen molar-refractivity contribution in [3.8, 4) is 0 Å². The maximum absolute atomic E-state index is 13.2. The van der Waals surface area contributed by atoms with E-state index in [1.54, 1.807) is 0 Å². The lowest BCUT2D eigenvalue weighted by molar-refractivity contribution is -0.137. The standard InChI is InChI=1S/C13H22F2N2O/c14-13(15)6-5-10(9-13)12(18)17-8-2-4-11(17)3-1-7-16/h10-11H,1-9,16H2. The molecule has 0 radical (unpaired) electrons. The van der Waals surface area contributed by atoms with Crippen LogP contribution >= 0.6 is 0 Å². The number of halogens is 2. The molecule has 1 saturated carbocycles. The summed E-state index contributed by atoms with van der Waals surface area (Å²) in [5.74, 6) is -3.14. The van der Waals surface area contributed by atoms with Gasteiger partial charge in [-0.2, -0.15) is 0 Å². The number of carbonyl (C=O) groups excluding carboxylic acids is 1. The first-order valence-electron chi connectivity index (χ1n) is 6.92. The highest BCUT2D eigenvalue weighted by Crippen LogP contribution is 2.40. The van der Waals surface area contributed by atoms with Crippen LogP contribution in [0.1, 0.15) is 44.9 Å². The number of alkyl halides is 2. The molecule has 2 N–H and O–H groups in total. The van der Waals surface area contributed by atoms with E-state index in [-0.39, 0.29) is 24.8 Å². The highest BCUT2D eigenvalue weighted by Gasteiger charge is 2.45. The molecule has 0 spiro atoms. The molecular weight excluding hydrogens is 238 g/mol. The summed E-state index contributed by atoms with van der Waals surface area (Å²) in [5.41, 5.74) is 5.48. The molecule has 1 aliphatic heterocycles. The van der Waals surface area contributed by atoms with Gasteiger partial charge in [0, 0.05) is 31.3 Å². The molecule has 104 valence electrons. The second-order valence-electron chi connectivity index (χ2n) is 5.55. The molecule has 1 amide bonds. The third-order valence-electron chi connectivity index (χ3n) is 4.15. The Morgan fingerprint density at radius 1 is 1.39 bits per heavy atom. The van der Waals surface area contributed by atoms with E-state index in [4.69, 9.17) is 5.73 Å². The van der Waals surface area contributed by atoms with Crippen LogP contribution in [0.4, 0.5) is 8.78 Å². The Kier molecular flexibility index (Phi) is 4.20. The van der Waals surface area contributed by atoms with Gasteiger partial charge in [-0.1, -0.05) is 0 Å². The van der Waals surface area contributed by atoms with Crippen molar-refractivity contribution in [1.29, 1.82) is 0 Å². The number of hydrogen-bond donors (Lipinski definition) is 1. The van der Waals surface area contributed by atoms with Gasteiger partial charge in [-0.25, -0.2) is 8.78 Å². The largest absolute Gasteiger partial charge is 0.339 e. The van der Waals surface area contributed by atoms with Crippen LogP contribution in [0.15, 0.2) is 0 Å². The molecule has 1 aliphatic carbocycles. The summed E-state index contributed by atoms with van der Waals surface area (Å²) in [6.07, 6.45) is 3.74. The Hall–Kier alpha value is -0.710. The first kappa shape index (κ1) is 13.7. The van der Waals surface area contributed by atoms with Crippen molar-refractivity contribution < 1.29 is 13.6 Å². The average Bonchev–Trinajstić information content (AvgIpc) is 2.91. The Labute approximate surface area is 107 Å². The van der Waals surface area contributed by atoms with Crippen LogP contribution in [-0.2, 0) is 4.79 Å². The molecule has 0 bridgehead atoms. The summed E-state index contributed by atoms with van der Waals surface area (Å²) < 4.78 is 26.3. The van der Waals surface area contributed by atoms with Crippen LogP contribution in [-0.4, -0.2) is 35.9 Å². The van der Waals surface area contributed by atoms with Crippen LogP contribution in [0.25, 0.3) is 0 Å². The molecule has 0 aromatic rings. The second-order valence-corrected chi connectivity index (χ2v) is 5.55. The van der Waals surface area contributed by atoms with Crippen molar-refractivity contribution in [1.82, 2.24) is 4.90 Å². The number of hydrogen-bond acceptors (Lipinski definition) is 2. The van der Waals surface area contributed by atoms with Gasteiger partial charge in [-0.05, 0) is 38.6 Å². The van der Waals surface area contributed by atoms with Crippen molar-refractivity contribution in [2.45, 2.75) is 56.9 Å². The van der Waals surface area contributed by atoms with Gasteiger partial charge in [0.1, 0.15) is 0 Å². The Morgan fingerprint density at radius 3 is 2.78 bits per heavy atom. The molecule has 2 aliphatic rings. The van der Waals surface area contributed by atoms with Gasteiger partial charge in [0.15, 0.2) is 0 Å². The van der Waals surface area contributed by atoms with Crippen LogP contribution in [0, 0.1) is 5.92 Å². The fraction of sp³-hybridized carbons (Fsp3) is 0.923. The van der Waals surface area contributed by atoms with Crippen LogP contribution in [0.5, 0.6) is 0 Å². The van der Waals surface area contributed by atoms with Gasteiger partial charge < -0.3 is 10.6 Å². The third-order valence-corrected chi connectivity index (χ3v) is 4.15. The van der Waals surface area contributed by atoms with Crippen molar-refractivity contribution in [2.75, 3.05) is 13.1 Å².